The van der Waals surface area contributed by atoms with Crippen molar-refractivity contribution in [3.05, 3.63) is 154 Å². The predicted molar refractivity (Wildman–Crippen MR) is 212 cm³/mol. The van der Waals surface area contributed by atoms with Crippen molar-refractivity contribution in [1.29, 1.82) is 0 Å². The first-order valence-corrected chi connectivity index (χ1v) is 18.6. The molecule has 6 heterocycles. The lowest BCUT2D eigenvalue weighted by Gasteiger charge is -2.12. The van der Waals surface area contributed by atoms with E-state index < -0.39 is 35.3 Å². The zero-order valence-electron chi connectivity index (χ0n) is 32.7. The van der Waals surface area contributed by atoms with Crippen LogP contribution in [-0.2, 0) is 18.9 Å². The molecule has 0 aliphatic rings. The fourth-order valence-corrected chi connectivity index (χ4v) is 7.17. The molecule has 0 atom stereocenters. The van der Waals surface area contributed by atoms with Crippen molar-refractivity contribution in [2.75, 3.05) is 10.6 Å². The number of fused-ring (bicyclic) bond motifs is 2. The Balaban J connectivity index is 1.15. The average Bonchev–Trinajstić information content (AvgIpc) is 3.70. The van der Waals surface area contributed by atoms with Crippen molar-refractivity contribution < 1.29 is 40.4 Å². The number of nitrogens with one attached hydrogen (secondary N) is 2. The number of amides is 2. The van der Waals surface area contributed by atoms with Gasteiger partial charge in [-0.05, 0) is 80.2 Å². The summed E-state index contributed by atoms with van der Waals surface area (Å²) in [5.74, 6) is -1.20. The van der Waals surface area contributed by atoms with Crippen LogP contribution in [0.1, 0.15) is 60.1 Å². The number of pyridine rings is 2. The summed E-state index contributed by atoms with van der Waals surface area (Å²) in [6.07, 6.45) is -1.86. The normalized spacial score (nSPS) is 12.0. The molecule has 0 saturated heterocycles. The molecule has 8 rings (SSSR count). The summed E-state index contributed by atoms with van der Waals surface area (Å²) < 4.78 is 88.5. The van der Waals surface area contributed by atoms with Crippen LogP contribution >= 0.6 is 0 Å². The van der Waals surface area contributed by atoms with E-state index in [1.807, 2.05) is 0 Å². The molecular weight excluding hydrogens is 803 g/mol. The van der Waals surface area contributed by atoms with Gasteiger partial charge in [0.25, 0.3) is 11.8 Å². The van der Waals surface area contributed by atoms with Gasteiger partial charge >= 0.3 is 18.0 Å². The van der Waals surface area contributed by atoms with E-state index in [0.717, 1.165) is 17.7 Å². The minimum absolute atomic E-state index is 0.00408. The number of carbonyl (C=O) groups excluding carboxylic acids is 2. The Kier molecular flexibility index (Phi) is 10.1. The quantitative estimate of drug-likeness (QED) is 0.116. The monoisotopic (exact) mass is 835 g/mol. The van der Waals surface area contributed by atoms with Gasteiger partial charge in [-0.25, -0.2) is 14.2 Å². The Morgan fingerprint density at radius 2 is 1.38 bits per heavy atom. The molecule has 0 aliphatic heterocycles. The van der Waals surface area contributed by atoms with Gasteiger partial charge in [-0.3, -0.25) is 19.6 Å². The molecule has 6 aromatic heterocycles. The lowest BCUT2D eigenvalue weighted by Crippen LogP contribution is -2.34. The average molecular weight is 836 g/mol. The largest absolute Gasteiger partial charge is 0.417 e. The topological polar surface area (TPSA) is 136 Å². The second-order valence-corrected chi connectivity index (χ2v) is 14.2. The Morgan fingerprint density at radius 1 is 0.738 bits per heavy atom. The number of hydrogen-bond acceptors (Lipinski definition) is 7. The van der Waals surface area contributed by atoms with E-state index in [-0.39, 0.29) is 62.9 Å². The highest BCUT2D eigenvalue weighted by Crippen LogP contribution is 2.38. The summed E-state index contributed by atoms with van der Waals surface area (Å²) in [7, 11) is 0. The maximum absolute atomic E-state index is 14.1. The molecule has 0 saturated carbocycles. The highest BCUT2D eigenvalue weighted by Gasteiger charge is 2.37. The zero-order chi connectivity index (χ0) is 43.4. The minimum atomic E-state index is -4.67. The van der Waals surface area contributed by atoms with E-state index in [0.29, 0.717) is 22.6 Å². The highest BCUT2D eigenvalue weighted by molar-refractivity contribution is 6.10. The first kappa shape index (κ1) is 40.3. The molecule has 0 bridgehead atoms. The molecule has 0 radical (unpaired) electrons. The Morgan fingerprint density at radius 3 is 2.05 bits per heavy atom. The molecule has 2 amide bonds. The maximum Gasteiger partial charge on any atom is 0.417 e. The lowest BCUT2D eigenvalue weighted by molar-refractivity contribution is -0.611. The molecule has 0 spiro atoms. The Labute approximate surface area is 342 Å². The van der Waals surface area contributed by atoms with Crippen LogP contribution in [0.5, 0.6) is 0 Å². The minimum Gasteiger partial charge on any atom is -0.321 e. The van der Waals surface area contributed by atoms with Gasteiger partial charge in [-0.15, -0.1) is 4.52 Å². The summed E-state index contributed by atoms with van der Waals surface area (Å²) in [4.78, 5) is 45.6. The predicted octanol–water partition coefficient (Wildman–Crippen LogP) is 8.61. The number of carbonyl (C=O) groups is 2. The smallest absolute Gasteiger partial charge is 0.321 e. The summed E-state index contributed by atoms with van der Waals surface area (Å²) in [5.41, 5.74) is 1.55. The van der Waals surface area contributed by atoms with Crippen molar-refractivity contribution in [1.82, 2.24) is 34.2 Å². The fourth-order valence-electron chi connectivity index (χ4n) is 7.17. The second-order valence-electron chi connectivity index (χ2n) is 14.2. The van der Waals surface area contributed by atoms with Crippen LogP contribution in [0.15, 0.2) is 104 Å². The molecule has 0 fully saturated rings. The second kappa shape index (κ2) is 15.3. The fraction of sp³-hybridized carbons (Fsp3) is 0.163. The number of nitrogens with zero attached hydrogens (tertiary/aromatic N) is 8. The van der Waals surface area contributed by atoms with Gasteiger partial charge < -0.3 is 10.6 Å². The number of hydrogen-bond donors (Lipinski definition) is 2. The number of rotatable bonds is 8. The van der Waals surface area contributed by atoms with E-state index in [1.54, 1.807) is 55.2 Å². The van der Waals surface area contributed by atoms with E-state index in [2.05, 4.69) is 35.7 Å². The van der Waals surface area contributed by atoms with Crippen LogP contribution in [0.3, 0.4) is 0 Å². The number of halogens is 6. The molecule has 61 heavy (non-hydrogen) atoms. The summed E-state index contributed by atoms with van der Waals surface area (Å²) in [6, 6.07) is 16.1. The lowest BCUT2D eigenvalue weighted by atomic mass is 10.0. The van der Waals surface area contributed by atoms with Crippen LogP contribution in [-0.4, -0.2) is 46.0 Å². The number of anilines is 2. The molecule has 8 aromatic rings. The Hall–Kier alpha value is -7.50. The summed E-state index contributed by atoms with van der Waals surface area (Å²) >= 11 is 0. The molecule has 2 aromatic carbocycles. The van der Waals surface area contributed by atoms with E-state index in [9.17, 15) is 35.9 Å². The maximum atomic E-state index is 14.1. The summed E-state index contributed by atoms with van der Waals surface area (Å²) in [6.45, 7) is 6.91. The number of aromatic nitrogens is 8. The van der Waals surface area contributed by atoms with Gasteiger partial charge in [0.15, 0.2) is 16.9 Å². The van der Waals surface area contributed by atoms with E-state index >= 15 is 0 Å². The third kappa shape index (κ3) is 7.63. The van der Waals surface area contributed by atoms with Crippen molar-refractivity contribution in [2.45, 2.75) is 46.6 Å². The molecule has 12 nitrogen and oxygen atoms in total. The van der Waals surface area contributed by atoms with Gasteiger partial charge in [0.05, 0.1) is 46.6 Å². The van der Waals surface area contributed by atoms with Gasteiger partial charge in [0, 0.05) is 47.2 Å². The van der Waals surface area contributed by atoms with Crippen molar-refractivity contribution in [3.63, 3.8) is 0 Å². The van der Waals surface area contributed by atoms with Gasteiger partial charge in [-0.2, -0.15) is 31.4 Å². The molecule has 0 aliphatic carbocycles. The molecule has 2 N–H and O–H groups in total. The third-order valence-corrected chi connectivity index (χ3v) is 10.3. The van der Waals surface area contributed by atoms with Gasteiger partial charge in [0.1, 0.15) is 11.8 Å². The van der Waals surface area contributed by atoms with Crippen LogP contribution in [0.4, 0.5) is 37.7 Å². The standard InChI is InChI=1S/C43H32F6N10O2/c1-23-24(2)51-16-13-33(23)55-41(61)37-26(4)59(58-18-15-35(54-39(37)58)30-10-6-8-12-32(30)43(47,48)49)22-27-19-28(21-50-20-27)52-40(60)36-25(3)56-57-17-14-34(53-38(36)57)29-9-5-7-11-31(29)42(44,45)46/h5-21H,22H2,1-4H3,(H-,51,52,55,60,61)/p+1. The number of benzene rings is 2. The third-order valence-electron chi connectivity index (χ3n) is 10.3. The number of aryl methyl sites for hydroxylation is 2. The highest BCUT2D eigenvalue weighted by atomic mass is 19.4. The van der Waals surface area contributed by atoms with Crippen molar-refractivity contribution in [3.8, 4) is 22.5 Å². The Bertz CT molecular complexity index is 3040. The van der Waals surface area contributed by atoms with E-state index in [4.69, 9.17) is 0 Å². The molecular formula is C43H33F6N10O2+. The molecule has 308 valence electrons. The van der Waals surface area contributed by atoms with Crippen LogP contribution in [0, 0.1) is 27.7 Å². The van der Waals surface area contributed by atoms with Crippen LogP contribution in [0.25, 0.3) is 33.8 Å². The SMILES string of the molecule is Cc1nccc(NC(=O)c2c(C)n(Cc3cncc(NC(=O)c4c(C)nn5ccc(-c6ccccc6C(F)(F)F)nc45)c3)[n+]3ccc(-c4ccccc4C(F)(F)F)nc23)c1C. The van der Waals surface area contributed by atoms with Crippen molar-refractivity contribution >= 4 is 34.5 Å². The first-order chi connectivity index (χ1) is 29.0. The van der Waals surface area contributed by atoms with Crippen LogP contribution in [0.2, 0.25) is 0 Å². The zero-order valence-corrected chi connectivity index (χ0v) is 32.7. The van der Waals surface area contributed by atoms with Gasteiger partial charge in [-0.1, -0.05) is 30.3 Å². The summed E-state index contributed by atoms with van der Waals surface area (Å²) in [5, 5.41) is 10.0. The number of alkyl halides is 6. The molecule has 0 unspecified atom stereocenters. The molecule has 18 heteroatoms. The van der Waals surface area contributed by atoms with Gasteiger partial charge in [0.2, 0.25) is 0 Å². The first-order valence-electron chi connectivity index (χ1n) is 18.6. The van der Waals surface area contributed by atoms with E-state index in [1.165, 1.54) is 77.8 Å². The van der Waals surface area contributed by atoms with Crippen molar-refractivity contribution in [2.24, 2.45) is 0 Å². The van der Waals surface area contributed by atoms with Crippen LogP contribution < -0.4 is 15.1 Å².